The topological polar surface area (TPSA) is 118 Å². The van der Waals surface area contributed by atoms with Gasteiger partial charge in [0.1, 0.15) is 5.54 Å². The third-order valence-corrected chi connectivity index (χ3v) is 5.26. The number of para-hydroxylation sites is 1. The van der Waals surface area contributed by atoms with Crippen LogP contribution in [0, 0.1) is 5.92 Å². The van der Waals surface area contributed by atoms with E-state index in [1.807, 2.05) is 30.3 Å². The Labute approximate surface area is 155 Å². The first-order chi connectivity index (χ1) is 13.1. The average Bonchev–Trinajstić information content (AvgIpc) is 3.41. The van der Waals surface area contributed by atoms with Crippen molar-refractivity contribution in [3.63, 3.8) is 0 Å². The highest BCUT2D eigenvalue weighted by Gasteiger charge is 2.52. The van der Waals surface area contributed by atoms with Gasteiger partial charge in [0, 0.05) is 0 Å². The van der Waals surface area contributed by atoms with Gasteiger partial charge in [-0.25, -0.2) is 4.79 Å². The number of hydrogen-bond donors (Lipinski definition) is 3. The van der Waals surface area contributed by atoms with E-state index in [1.165, 1.54) is 11.0 Å². The maximum Gasteiger partial charge on any atom is 0.322 e. The lowest BCUT2D eigenvalue weighted by Crippen LogP contribution is -2.59. The molecule has 0 spiro atoms. The Morgan fingerprint density at radius 2 is 1.96 bits per heavy atom. The van der Waals surface area contributed by atoms with Gasteiger partial charge in [-0.05, 0) is 30.9 Å². The number of rotatable bonds is 5. The summed E-state index contributed by atoms with van der Waals surface area (Å²) in [6, 6.07) is 8.72. The average molecular weight is 368 g/mol. The molecule has 4 amide bonds. The maximum atomic E-state index is 12.5. The predicted octanol–water partition coefficient (Wildman–Crippen LogP) is 0.765. The third-order valence-electron chi connectivity index (χ3n) is 5.26. The fourth-order valence-electron chi connectivity index (χ4n) is 3.84. The van der Waals surface area contributed by atoms with Crippen LogP contribution in [-0.4, -0.2) is 44.9 Å². The summed E-state index contributed by atoms with van der Waals surface area (Å²) < 4.78 is 0. The van der Waals surface area contributed by atoms with E-state index in [9.17, 15) is 14.4 Å². The Hall–Kier alpha value is -3.23. The quantitative estimate of drug-likeness (QED) is 0.674. The largest absolute Gasteiger partial charge is 0.348 e. The van der Waals surface area contributed by atoms with Crippen LogP contribution in [0.15, 0.2) is 36.5 Å². The van der Waals surface area contributed by atoms with Crippen LogP contribution in [-0.2, 0) is 4.79 Å². The van der Waals surface area contributed by atoms with Crippen LogP contribution in [0.5, 0.6) is 0 Å². The lowest BCUT2D eigenvalue weighted by Gasteiger charge is -2.32. The minimum Gasteiger partial charge on any atom is -0.348 e. The second kappa shape index (κ2) is 6.82. The molecule has 2 fully saturated rings. The highest BCUT2D eigenvalue weighted by molar-refractivity contribution is 6.07. The number of hydrogen-bond acceptors (Lipinski definition) is 5. The van der Waals surface area contributed by atoms with Crippen LogP contribution >= 0.6 is 0 Å². The van der Waals surface area contributed by atoms with Crippen LogP contribution in [0.25, 0.3) is 5.69 Å². The zero-order valence-electron chi connectivity index (χ0n) is 14.6. The number of carbonyl (C=O) groups is 3. The molecule has 1 saturated carbocycles. The number of imide groups is 1. The van der Waals surface area contributed by atoms with Gasteiger partial charge in [0.2, 0.25) is 0 Å². The molecule has 9 heteroatoms. The van der Waals surface area contributed by atoms with E-state index in [1.54, 1.807) is 0 Å². The molecule has 2 aliphatic rings. The van der Waals surface area contributed by atoms with Gasteiger partial charge >= 0.3 is 6.03 Å². The monoisotopic (exact) mass is 368 g/mol. The number of nitrogens with one attached hydrogen (secondary N) is 3. The molecule has 9 nitrogen and oxygen atoms in total. The summed E-state index contributed by atoms with van der Waals surface area (Å²) in [5.74, 6) is -0.819. The van der Waals surface area contributed by atoms with Crippen LogP contribution in [0.1, 0.15) is 36.2 Å². The molecule has 27 heavy (non-hydrogen) atoms. The first kappa shape index (κ1) is 17.2. The molecule has 0 radical (unpaired) electrons. The first-order valence-corrected chi connectivity index (χ1v) is 8.98. The van der Waals surface area contributed by atoms with Gasteiger partial charge in [-0.2, -0.15) is 9.90 Å². The van der Waals surface area contributed by atoms with E-state index in [2.05, 4.69) is 26.1 Å². The Balaban J connectivity index is 1.48. The standard InChI is InChI=1S/C18H20N6O3/c25-15(14-10-20-24(23-14)13-8-2-1-3-9-13)19-11-18(12-6-4-5-7-12)16(26)21-17(27)22-18/h1-3,8-10,12H,4-7,11H2,(H,19,25)(H2,21,22,26,27). The lowest BCUT2D eigenvalue weighted by molar-refractivity contribution is -0.125. The van der Waals surface area contributed by atoms with Gasteiger partial charge in [0.15, 0.2) is 5.69 Å². The second-order valence-corrected chi connectivity index (χ2v) is 6.90. The summed E-state index contributed by atoms with van der Waals surface area (Å²) in [7, 11) is 0. The van der Waals surface area contributed by atoms with Crippen molar-refractivity contribution in [2.45, 2.75) is 31.2 Å². The van der Waals surface area contributed by atoms with E-state index in [0.717, 1.165) is 31.4 Å². The Bertz CT molecular complexity index is 874. The number of aromatic nitrogens is 3. The third kappa shape index (κ3) is 3.16. The van der Waals surface area contributed by atoms with Crippen LogP contribution in [0.2, 0.25) is 0 Å². The summed E-state index contributed by atoms with van der Waals surface area (Å²) in [6.07, 6.45) is 5.07. The van der Waals surface area contributed by atoms with Crippen molar-refractivity contribution in [3.8, 4) is 5.69 Å². The molecular formula is C18H20N6O3. The molecular weight excluding hydrogens is 348 g/mol. The number of amides is 4. The van der Waals surface area contributed by atoms with Crippen molar-refractivity contribution >= 4 is 17.8 Å². The van der Waals surface area contributed by atoms with Crippen LogP contribution in [0.4, 0.5) is 4.79 Å². The molecule has 2 heterocycles. The number of urea groups is 1. The van der Waals surface area contributed by atoms with E-state index in [4.69, 9.17) is 0 Å². The normalized spacial score (nSPS) is 22.5. The van der Waals surface area contributed by atoms with Gasteiger partial charge in [-0.3, -0.25) is 14.9 Å². The molecule has 1 aromatic carbocycles. The molecule has 1 aliphatic carbocycles. The van der Waals surface area contributed by atoms with Gasteiger partial charge in [0.25, 0.3) is 11.8 Å². The highest BCUT2D eigenvalue weighted by Crippen LogP contribution is 2.35. The molecule has 4 rings (SSSR count). The number of benzene rings is 1. The summed E-state index contributed by atoms with van der Waals surface area (Å²) in [5.41, 5.74) is -0.217. The SMILES string of the molecule is O=C1NC(=O)C(CNC(=O)c2cnn(-c3ccccc3)n2)(C2CCCC2)N1. The van der Waals surface area contributed by atoms with Crippen molar-refractivity contribution in [1.29, 1.82) is 0 Å². The van der Waals surface area contributed by atoms with Crippen molar-refractivity contribution in [1.82, 2.24) is 30.9 Å². The fraction of sp³-hybridized carbons (Fsp3) is 0.389. The van der Waals surface area contributed by atoms with Crippen molar-refractivity contribution in [3.05, 3.63) is 42.2 Å². The highest BCUT2D eigenvalue weighted by atomic mass is 16.2. The zero-order valence-corrected chi connectivity index (χ0v) is 14.6. The minimum atomic E-state index is -1.10. The Morgan fingerprint density at radius 1 is 1.22 bits per heavy atom. The molecule has 1 aromatic heterocycles. The van der Waals surface area contributed by atoms with Crippen LogP contribution < -0.4 is 16.0 Å². The van der Waals surface area contributed by atoms with Crippen molar-refractivity contribution < 1.29 is 14.4 Å². The first-order valence-electron chi connectivity index (χ1n) is 8.98. The van der Waals surface area contributed by atoms with Crippen molar-refractivity contribution in [2.24, 2.45) is 5.92 Å². The van der Waals surface area contributed by atoms with Crippen molar-refractivity contribution in [2.75, 3.05) is 6.54 Å². The maximum absolute atomic E-state index is 12.5. The molecule has 2 aromatic rings. The smallest absolute Gasteiger partial charge is 0.322 e. The molecule has 1 unspecified atom stereocenters. The van der Waals surface area contributed by atoms with Gasteiger partial charge in [-0.15, -0.1) is 5.10 Å². The van der Waals surface area contributed by atoms with E-state index >= 15 is 0 Å². The Kier molecular flexibility index (Phi) is 4.35. The van der Waals surface area contributed by atoms with Gasteiger partial charge < -0.3 is 10.6 Å². The van der Waals surface area contributed by atoms with E-state index in [-0.39, 0.29) is 24.1 Å². The lowest BCUT2D eigenvalue weighted by atomic mass is 9.82. The summed E-state index contributed by atoms with van der Waals surface area (Å²) in [5, 5.41) is 16.1. The number of carbonyl (C=O) groups excluding carboxylic acids is 3. The van der Waals surface area contributed by atoms with Crippen LogP contribution in [0.3, 0.4) is 0 Å². The molecule has 0 bridgehead atoms. The molecule has 1 saturated heterocycles. The summed E-state index contributed by atoms with van der Waals surface area (Å²) in [6.45, 7) is 0.0201. The zero-order chi connectivity index (χ0) is 18.9. The molecule has 3 N–H and O–H groups in total. The van der Waals surface area contributed by atoms with E-state index in [0.29, 0.717) is 0 Å². The summed E-state index contributed by atoms with van der Waals surface area (Å²) >= 11 is 0. The second-order valence-electron chi connectivity index (χ2n) is 6.90. The molecule has 140 valence electrons. The number of nitrogens with zero attached hydrogens (tertiary/aromatic N) is 3. The fourth-order valence-corrected chi connectivity index (χ4v) is 3.84. The van der Waals surface area contributed by atoms with Gasteiger partial charge in [-0.1, -0.05) is 31.0 Å². The molecule has 1 atom stereocenters. The van der Waals surface area contributed by atoms with E-state index < -0.39 is 17.5 Å². The Morgan fingerprint density at radius 3 is 2.63 bits per heavy atom. The predicted molar refractivity (Wildman–Crippen MR) is 95.1 cm³/mol. The van der Waals surface area contributed by atoms with Gasteiger partial charge in [0.05, 0.1) is 18.4 Å². The minimum absolute atomic E-state index is 0.00394. The molecule has 1 aliphatic heterocycles. The summed E-state index contributed by atoms with van der Waals surface area (Å²) in [4.78, 5) is 38.1.